The minimum atomic E-state index is -3.82. The van der Waals surface area contributed by atoms with E-state index in [0.29, 0.717) is 18.7 Å². The number of carbonyl (C=O) groups is 1. The highest BCUT2D eigenvalue weighted by molar-refractivity contribution is 7.92. The summed E-state index contributed by atoms with van der Waals surface area (Å²) in [6, 6.07) is 18.7. The molecule has 0 radical (unpaired) electrons. The van der Waals surface area contributed by atoms with E-state index in [1.807, 2.05) is 43.3 Å². The highest BCUT2D eigenvalue weighted by atomic mass is 35.5. The van der Waals surface area contributed by atoms with Gasteiger partial charge in [-0.3, -0.25) is 9.52 Å². The Bertz CT molecular complexity index is 1200. The van der Waals surface area contributed by atoms with Gasteiger partial charge in [0.15, 0.2) is 6.61 Å². The fourth-order valence-corrected chi connectivity index (χ4v) is 4.32. The van der Waals surface area contributed by atoms with Gasteiger partial charge >= 0.3 is 0 Å². The number of rotatable bonds is 10. The molecule has 2 N–H and O–H groups in total. The Hall–Kier alpha value is -3.23. The number of hydrogen-bond donors (Lipinski definition) is 2. The van der Waals surface area contributed by atoms with Gasteiger partial charge in [-0.15, -0.1) is 0 Å². The van der Waals surface area contributed by atoms with E-state index in [9.17, 15) is 13.2 Å². The van der Waals surface area contributed by atoms with Crippen molar-refractivity contribution < 1.29 is 22.7 Å². The predicted octanol–water partition coefficient (Wildman–Crippen LogP) is 4.20. The summed E-state index contributed by atoms with van der Waals surface area (Å²) in [7, 11) is -2.21. The lowest BCUT2D eigenvalue weighted by Gasteiger charge is -2.12. The number of hydrogen-bond acceptors (Lipinski definition) is 5. The van der Waals surface area contributed by atoms with Crippen LogP contribution in [0.25, 0.3) is 0 Å². The largest absolute Gasteiger partial charge is 0.497 e. The summed E-state index contributed by atoms with van der Waals surface area (Å²) < 4.78 is 38.3. The number of amides is 1. The van der Waals surface area contributed by atoms with E-state index >= 15 is 0 Å². The molecule has 0 spiro atoms. The molecule has 1 amide bonds. The minimum Gasteiger partial charge on any atom is -0.497 e. The second kappa shape index (κ2) is 11.1. The molecule has 0 saturated carbocycles. The van der Waals surface area contributed by atoms with Crippen LogP contribution < -0.4 is 19.5 Å². The van der Waals surface area contributed by atoms with Gasteiger partial charge in [-0.2, -0.15) is 0 Å². The molecule has 0 saturated heterocycles. The van der Waals surface area contributed by atoms with Crippen LogP contribution in [0.3, 0.4) is 0 Å². The van der Waals surface area contributed by atoms with Gasteiger partial charge in [0.1, 0.15) is 11.5 Å². The Morgan fingerprint density at radius 3 is 2.33 bits per heavy atom. The third-order valence-corrected chi connectivity index (χ3v) is 6.45. The Labute approximate surface area is 198 Å². The molecule has 0 aromatic heterocycles. The zero-order chi connectivity index (χ0) is 23.8. The van der Waals surface area contributed by atoms with E-state index in [4.69, 9.17) is 21.1 Å². The third kappa shape index (κ3) is 7.13. The average Bonchev–Trinajstić information content (AvgIpc) is 2.80. The highest BCUT2D eigenvalue weighted by Crippen LogP contribution is 2.28. The SMILES string of the molecule is COc1ccc(CCNC(=O)COc2ccc(S(=O)(=O)Nc3ccc(C)cc3)cc2Cl)cc1. The van der Waals surface area contributed by atoms with Crippen LogP contribution in [0.1, 0.15) is 11.1 Å². The first kappa shape index (κ1) is 24.4. The van der Waals surface area contributed by atoms with Crippen molar-refractivity contribution in [1.29, 1.82) is 0 Å². The number of nitrogens with one attached hydrogen (secondary N) is 2. The fourth-order valence-electron chi connectivity index (χ4n) is 2.93. The maximum absolute atomic E-state index is 12.6. The molecular formula is C24H25ClN2O5S. The number of benzene rings is 3. The number of halogens is 1. The summed E-state index contributed by atoms with van der Waals surface area (Å²) in [4.78, 5) is 12.1. The molecule has 0 bridgehead atoms. The van der Waals surface area contributed by atoms with Gasteiger partial charge in [0.2, 0.25) is 0 Å². The van der Waals surface area contributed by atoms with Crippen LogP contribution in [0.2, 0.25) is 5.02 Å². The van der Waals surface area contributed by atoms with Gasteiger partial charge in [0.05, 0.1) is 17.0 Å². The van der Waals surface area contributed by atoms with Crippen molar-refractivity contribution in [3.8, 4) is 11.5 Å². The highest BCUT2D eigenvalue weighted by Gasteiger charge is 2.17. The Balaban J connectivity index is 1.50. The molecule has 9 heteroatoms. The van der Waals surface area contributed by atoms with E-state index in [1.165, 1.54) is 18.2 Å². The predicted molar refractivity (Wildman–Crippen MR) is 129 cm³/mol. The van der Waals surface area contributed by atoms with Gasteiger partial charge in [0.25, 0.3) is 15.9 Å². The van der Waals surface area contributed by atoms with Gasteiger partial charge in [0, 0.05) is 12.2 Å². The maximum atomic E-state index is 12.6. The van der Waals surface area contributed by atoms with Crippen LogP contribution in [-0.4, -0.2) is 34.6 Å². The number of anilines is 1. The van der Waals surface area contributed by atoms with Gasteiger partial charge < -0.3 is 14.8 Å². The monoisotopic (exact) mass is 488 g/mol. The first-order valence-corrected chi connectivity index (χ1v) is 12.0. The molecule has 33 heavy (non-hydrogen) atoms. The molecule has 0 fully saturated rings. The van der Waals surface area contributed by atoms with Gasteiger partial charge in [-0.1, -0.05) is 41.4 Å². The number of aryl methyl sites for hydroxylation is 1. The molecule has 0 heterocycles. The molecule has 3 aromatic rings. The topological polar surface area (TPSA) is 93.7 Å². The van der Waals surface area contributed by atoms with Crippen molar-refractivity contribution in [2.75, 3.05) is 25.0 Å². The van der Waals surface area contributed by atoms with Crippen molar-refractivity contribution in [2.45, 2.75) is 18.2 Å². The van der Waals surface area contributed by atoms with Crippen LogP contribution in [0, 0.1) is 6.92 Å². The molecular weight excluding hydrogens is 464 g/mol. The summed E-state index contributed by atoms with van der Waals surface area (Å²) in [5.41, 5.74) is 2.53. The van der Waals surface area contributed by atoms with Crippen molar-refractivity contribution in [3.63, 3.8) is 0 Å². The normalized spacial score (nSPS) is 11.0. The van der Waals surface area contributed by atoms with Crippen LogP contribution in [0.5, 0.6) is 11.5 Å². The lowest BCUT2D eigenvalue weighted by Crippen LogP contribution is -2.30. The molecule has 7 nitrogen and oxygen atoms in total. The molecule has 0 atom stereocenters. The number of methoxy groups -OCH3 is 1. The van der Waals surface area contributed by atoms with E-state index in [-0.39, 0.29) is 28.2 Å². The zero-order valence-corrected chi connectivity index (χ0v) is 19.9. The van der Waals surface area contributed by atoms with E-state index < -0.39 is 10.0 Å². The molecule has 0 aliphatic heterocycles. The summed E-state index contributed by atoms with van der Waals surface area (Å²) >= 11 is 6.19. The minimum absolute atomic E-state index is 0.00984. The van der Waals surface area contributed by atoms with E-state index in [2.05, 4.69) is 10.0 Å². The number of carbonyl (C=O) groups excluding carboxylic acids is 1. The third-order valence-electron chi connectivity index (χ3n) is 4.77. The summed E-state index contributed by atoms with van der Waals surface area (Å²) in [6.07, 6.45) is 0.664. The molecule has 0 aliphatic rings. The Kier molecular flexibility index (Phi) is 8.19. The molecule has 3 rings (SSSR count). The quantitative estimate of drug-likeness (QED) is 0.446. The van der Waals surface area contributed by atoms with Gasteiger partial charge in [-0.25, -0.2) is 8.42 Å². The van der Waals surface area contributed by atoms with E-state index in [0.717, 1.165) is 16.9 Å². The van der Waals surface area contributed by atoms with Gasteiger partial charge in [-0.05, 0) is 61.4 Å². The maximum Gasteiger partial charge on any atom is 0.261 e. The number of ether oxygens (including phenoxy) is 2. The van der Waals surface area contributed by atoms with Crippen molar-refractivity contribution in [3.05, 3.63) is 82.9 Å². The molecule has 174 valence electrons. The molecule has 0 aliphatic carbocycles. The Morgan fingerprint density at radius 2 is 1.70 bits per heavy atom. The number of sulfonamides is 1. The second-order valence-corrected chi connectivity index (χ2v) is 9.39. The van der Waals surface area contributed by atoms with Crippen LogP contribution in [0.4, 0.5) is 5.69 Å². The molecule has 3 aromatic carbocycles. The zero-order valence-electron chi connectivity index (χ0n) is 18.3. The van der Waals surface area contributed by atoms with Crippen molar-refractivity contribution >= 4 is 33.2 Å². The lowest BCUT2D eigenvalue weighted by molar-refractivity contribution is -0.123. The standard InChI is InChI=1S/C24H25ClN2O5S/c1-17-3-7-19(8-4-17)27-33(29,30)21-11-12-23(22(25)15-21)32-16-24(28)26-14-13-18-5-9-20(31-2)10-6-18/h3-12,15,27H,13-14,16H2,1-2H3,(H,26,28). The van der Waals surface area contributed by atoms with Crippen LogP contribution in [0.15, 0.2) is 71.6 Å². The van der Waals surface area contributed by atoms with Crippen molar-refractivity contribution in [2.24, 2.45) is 0 Å². The molecule has 0 unspecified atom stereocenters. The smallest absolute Gasteiger partial charge is 0.261 e. The van der Waals surface area contributed by atoms with Crippen molar-refractivity contribution in [1.82, 2.24) is 5.32 Å². The van der Waals surface area contributed by atoms with Crippen LogP contribution >= 0.6 is 11.6 Å². The lowest BCUT2D eigenvalue weighted by atomic mass is 10.1. The van der Waals surface area contributed by atoms with E-state index in [1.54, 1.807) is 19.2 Å². The second-order valence-electron chi connectivity index (χ2n) is 7.30. The summed E-state index contributed by atoms with van der Waals surface area (Å²) in [5, 5.41) is 2.86. The summed E-state index contributed by atoms with van der Waals surface area (Å²) in [5.74, 6) is 0.686. The fraction of sp³-hybridized carbons (Fsp3) is 0.208. The Morgan fingerprint density at radius 1 is 1.00 bits per heavy atom. The van der Waals surface area contributed by atoms with Crippen LogP contribution in [-0.2, 0) is 21.2 Å². The first-order valence-electron chi connectivity index (χ1n) is 10.2. The summed E-state index contributed by atoms with van der Waals surface area (Å²) in [6.45, 7) is 2.12. The average molecular weight is 489 g/mol. The first-order chi connectivity index (χ1) is 15.8.